The Morgan fingerprint density at radius 1 is 1.09 bits per heavy atom. The Balaban J connectivity index is 1.73. The molecule has 0 aromatic heterocycles. The fraction of sp³-hybridized carbons (Fsp3) is 0.474. The number of carbonyl (C=O) groups is 2. The molecule has 1 aliphatic heterocycles. The standard InChI is InChI=1S/C38H51N3O6/c1-25(22-46-6)23-47-24-27-11-14-30(15-12-27)38(45)18-20-41(36(43)44)34(37(3,4)5)33(38)31-16-13-29(21-26(31)2)32-10-8-7-9-28(32)17-19-40-35(39)42/h7-16,21,25,33-34,45H,17-20,22-24H2,1-6H3,(H,43,44)(H3,39,40,42)/t25-,33-,34?,38-/m0/s1. The number of methoxy groups -OCH3 is 1. The molecular formula is C38H51N3O6. The van der Waals surface area contributed by atoms with Gasteiger partial charge in [-0.05, 0) is 64.1 Å². The Morgan fingerprint density at radius 3 is 2.40 bits per heavy atom. The number of rotatable bonds is 12. The average Bonchev–Trinajstić information content (AvgIpc) is 3.01. The van der Waals surface area contributed by atoms with Gasteiger partial charge in [-0.15, -0.1) is 0 Å². The van der Waals surface area contributed by atoms with Gasteiger partial charge in [0.15, 0.2) is 0 Å². The highest BCUT2D eigenvalue weighted by Crippen LogP contribution is 2.52. The minimum absolute atomic E-state index is 0.219. The van der Waals surface area contributed by atoms with Crippen LogP contribution in [-0.2, 0) is 28.1 Å². The Kier molecular flexibility index (Phi) is 11.7. The number of amides is 3. The summed E-state index contributed by atoms with van der Waals surface area (Å²) in [5.41, 5.74) is 10.2. The van der Waals surface area contributed by atoms with Crippen molar-refractivity contribution >= 4 is 12.1 Å². The topological polar surface area (TPSA) is 134 Å². The van der Waals surface area contributed by atoms with E-state index in [2.05, 4.69) is 24.4 Å². The smallest absolute Gasteiger partial charge is 0.407 e. The van der Waals surface area contributed by atoms with Crippen LogP contribution in [0.5, 0.6) is 0 Å². The van der Waals surface area contributed by atoms with E-state index in [1.165, 1.54) is 4.90 Å². The lowest BCUT2D eigenvalue weighted by atomic mass is 9.62. The normalized spacial score (nSPS) is 20.5. The molecule has 4 atom stereocenters. The molecule has 0 spiro atoms. The number of ether oxygens (including phenoxy) is 2. The van der Waals surface area contributed by atoms with E-state index in [1.54, 1.807) is 7.11 Å². The summed E-state index contributed by atoms with van der Waals surface area (Å²) in [6, 6.07) is 21.1. The van der Waals surface area contributed by atoms with Gasteiger partial charge in [-0.25, -0.2) is 9.59 Å². The number of urea groups is 1. The van der Waals surface area contributed by atoms with Crippen LogP contribution in [0.1, 0.15) is 67.9 Å². The first-order valence-corrected chi connectivity index (χ1v) is 16.4. The molecule has 4 rings (SSSR count). The highest BCUT2D eigenvalue weighted by atomic mass is 16.5. The number of aliphatic hydroxyl groups is 1. The van der Waals surface area contributed by atoms with E-state index in [0.717, 1.165) is 38.9 Å². The van der Waals surface area contributed by atoms with Gasteiger partial charge in [0.1, 0.15) is 5.60 Å². The van der Waals surface area contributed by atoms with Crippen molar-refractivity contribution in [3.05, 3.63) is 94.5 Å². The zero-order valence-corrected chi connectivity index (χ0v) is 28.6. The van der Waals surface area contributed by atoms with Crippen molar-refractivity contribution in [1.82, 2.24) is 10.2 Å². The molecule has 47 heavy (non-hydrogen) atoms. The number of nitrogens with one attached hydrogen (secondary N) is 1. The fourth-order valence-electron chi connectivity index (χ4n) is 7.09. The second-order valence-corrected chi connectivity index (χ2v) is 14.0. The maximum Gasteiger partial charge on any atom is 0.407 e. The van der Waals surface area contributed by atoms with E-state index >= 15 is 0 Å². The number of piperidine rings is 1. The van der Waals surface area contributed by atoms with Crippen LogP contribution >= 0.6 is 0 Å². The Hall–Kier alpha value is -3.92. The third kappa shape index (κ3) is 8.52. The van der Waals surface area contributed by atoms with Gasteiger partial charge in [0.25, 0.3) is 0 Å². The minimum Gasteiger partial charge on any atom is -0.465 e. The summed E-state index contributed by atoms with van der Waals surface area (Å²) in [4.78, 5) is 25.4. The number of nitrogens with zero attached hydrogens (tertiary/aromatic N) is 1. The van der Waals surface area contributed by atoms with Gasteiger partial charge in [0.2, 0.25) is 0 Å². The number of hydrogen-bond donors (Lipinski definition) is 4. The molecule has 0 aliphatic carbocycles. The first-order valence-electron chi connectivity index (χ1n) is 16.4. The van der Waals surface area contributed by atoms with Crippen molar-refractivity contribution in [2.45, 2.75) is 71.6 Å². The molecule has 1 unspecified atom stereocenters. The predicted molar refractivity (Wildman–Crippen MR) is 184 cm³/mol. The molecule has 0 radical (unpaired) electrons. The molecule has 254 valence electrons. The predicted octanol–water partition coefficient (Wildman–Crippen LogP) is 6.44. The highest BCUT2D eigenvalue weighted by Gasteiger charge is 2.54. The first-order chi connectivity index (χ1) is 22.3. The van der Waals surface area contributed by atoms with Crippen LogP contribution in [-0.4, -0.2) is 66.7 Å². The van der Waals surface area contributed by atoms with E-state index < -0.39 is 35.1 Å². The molecule has 1 aliphatic rings. The van der Waals surface area contributed by atoms with Gasteiger partial charge in [0, 0.05) is 38.1 Å². The lowest BCUT2D eigenvalue weighted by Crippen LogP contribution is -2.60. The van der Waals surface area contributed by atoms with Gasteiger partial charge >= 0.3 is 12.1 Å². The summed E-state index contributed by atoms with van der Waals surface area (Å²) >= 11 is 0. The first kappa shape index (κ1) is 35.9. The number of primary amides is 1. The molecule has 1 saturated heterocycles. The molecule has 3 aromatic rings. The van der Waals surface area contributed by atoms with Crippen LogP contribution in [0.3, 0.4) is 0 Å². The quantitative estimate of drug-likeness (QED) is 0.179. The van der Waals surface area contributed by atoms with Crippen LogP contribution in [0.25, 0.3) is 11.1 Å². The van der Waals surface area contributed by atoms with Crippen molar-refractivity contribution in [2.75, 3.05) is 33.4 Å². The summed E-state index contributed by atoms with van der Waals surface area (Å²) in [5, 5.41) is 25.8. The largest absolute Gasteiger partial charge is 0.465 e. The molecule has 1 heterocycles. The Labute approximate surface area is 279 Å². The van der Waals surface area contributed by atoms with E-state index in [1.807, 2.05) is 82.3 Å². The number of carbonyl (C=O) groups excluding carboxylic acids is 1. The van der Waals surface area contributed by atoms with Gasteiger partial charge in [-0.2, -0.15) is 0 Å². The molecule has 3 aromatic carbocycles. The fourth-order valence-corrected chi connectivity index (χ4v) is 7.09. The van der Waals surface area contributed by atoms with Gasteiger partial charge in [-0.1, -0.05) is 94.4 Å². The number of carboxylic acid groups (broad SMARTS) is 1. The third-order valence-electron chi connectivity index (χ3n) is 9.24. The third-order valence-corrected chi connectivity index (χ3v) is 9.24. The van der Waals surface area contributed by atoms with Crippen molar-refractivity contribution in [3.8, 4) is 11.1 Å². The minimum atomic E-state index is -1.32. The van der Waals surface area contributed by atoms with Crippen molar-refractivity contribution in [3.63, 3.8) is 0 Å². The number of aryl methyl sites for hydroxylation is 1. The van der Waals surface area contributed by atoms with E-state index in [0.29, 0.717) is 32.8 Å². The number of hydrogen-bond acceptors (Lipinski definition) is 5. The van der Waals surface area contributed by atoms with Crippen LogP contribution in [0, 0.1) is 18.3 Å². The van der Waals surface area contributed by atoms with Crippen LogP contribution in [0.4, 0.5) is 9.59 Å². The SMILES string of the molecule is COC[C@H](C)COCc1ccc([C@@]2(O)CCN(C(=O)O)C(C(C)(C)C)[C@@H]2c2ccc(-c3ccccc3CCNC(N)=O)cc2C)cc1. The van der Waals surface area contributed by atoms with E-state index in [9.17, 15) is 19.8 Å². The summed E-state index contributed by atoms with van der Waals surface area (Å²) < 4.78 is 11.1. The van der Waals surface area contributed by atoms with Gasteiger partial charge in [0.05, 0.1) is 19.8 Å². The van der Waals surface area contributed by atoms with Gasteiger partial charge < -0.3 is 35.6 Å². The monoisotopic (exact) mass is 645 g/mol. The van der Waals surface area contributed by atoms with Crippen molar-refractivity contribution in [2.24, 2.45) is 17.1 Å². The molecular weight excluding hydrogens is 594 g/mol. The maximum atomic E-state index is 12.8. The second-order valence-electron chi connectivity index (χ2n) is 14.0. The van der Waals surface area contributed by atoms with Crippen LogP contribution in [0.2, 0.25) is 0 Å². The van der Waals surface area contributed by atoms with Crippen molar-refractivity contribution in [1.29, 1.82) is 0 Å². The number of benzene rings is 3. The van der Waals surface area contributed by atoms with Crippen LogP contribution < -0.4 is 11.1 Å². The highest BCUT2D eigenvalue weighted by molar-refractivity contribution is 5.72. The van der Waals surface area contributed by atoms with Crippen LogP contribution in [0.15, 0.2) is 66.7 Å². The second kappa shape index (κ2) is 15.3. The van der Waals surface area contributed by atoms with Crippen molar-refractivity contribution < 1.29 is 29.3 Å². The molecule has 3 amide bonds. The Bertz CT molecular complexity index is 1520. The zero-order chi connectivity index (χ0) is 34.4. The molecule has 5 N–H and O–H groups in total. The molecule has 9 heteroatoms. The summed E-state index contributed by atoms with van der Waals surface area (Å²) in [5.74, 6) is -0.246. The number of nitrogens with two attached hydrogens (primary N) is 1. The van der Waals surface area contributed by atoms with Gasteiger partial charge in [-0.3, -0.25) is 0 Å². The zero-order valence-electron chi connectivity index (χ0n) is 28.6. The summed E-state index contributed by atoms with van der Waals surface area (Å²) in [7, 11) is 1.68. The Morgan fingerprint density at radius 2 is 1.79 bits per heavy atom. The summed E-state index contributed by atoms with van der Waals surface area (Å²) in [6.45, 7) is 12.5. The molecule has 1 fully saturated rings. The van der Waals surface area contributed by atoms with E-state index in [4.69, 9.17) is 15.2 Å². The summed E-state index contributed by atoms with van der Waals surface area (Å²) in [6.07, 6.45) is -0.104. The molecule has 0 bridgehead atoms. The van der Waals surface area contributed by atoms with E-state index in [-0.39, 0.29) is 18.9 Å². The lowest BCUT2D eigenvalue weighted by Gasteiger charge is -2.54. The maximum absolute atomic E-state index is 12.8. The molecule has 0 saturated carbocycles. The number of likely N-dealkylation sites (tertiary alicyclic amines) is 1. The lowest BCUT2D eigenvalue weighted by molar-refractivity contribution is -0.0909. The molecule has 9 nitrogen and oxygen atoms in total. The average molecular weight is 646 g/mol.